The summed E-state index contributed by atoms with van der Waals surface area (Å²) in [4.78, 5) is 11.1. The van der Waals surface area contributed by atoms with Crippen LogP contribution in [0.1, 0.15) is 10.4 Å². The van der Waals surface area contributed by atoms with Crippen LogP contribution >= 0.6 is 0 Å². The number of para-hydroxylation sites is 2. The highest BCUT2D eigenvalue weighted by atomic mass is 16.4. The van der Waals surface area contributed by atoms with Crippen LogP contribution in [0.4, 0.5) is 11.6 Å². The molecule has 0 aliphatic carbocycles. The molecule has 0 aliphatic heterocycles. The molecule has 2 aromatic carbocycles. The highest BCUT2D eigenvalue weighted by Crippen LogP contribution is 2.27. The predicted octanol–water partition coefficient (Wildman–Crippen LogP) is 3.87. The molecule has 0 spiro atoms. The maximum Gasteiger partial charge on any atom is 0.337 e. The second-order valence-electron chi connectivity index (χ2n) is 4.12. The number of carboxylic acid groups (broad SMARTS) is 1. The molecule has 0 saturated heterocycles. The van der Waals surface area contributed by atoms with Crippen molar-refractivity contribution in [3.8, 4) is 0 Å². The Hall–Kier alpha value is -2.75. The van der Waals surface area contributed by atoms with E-state index < -0.39 is 5.97 Å². The quantitative estimate of drug-likeness (QED) is 0.743. The minimum absolute atomic E-state index is 0.211. The minimum atomic E-state index is -0.973. The van der Waals surface area contributed by atoms with Gasteiger partial charge in [-0.15, -0.1) is 0 Å². The van der Waals surface area contributed by atoms with Crippen molar-refractivity contribution in [2.24, 2.45) is 0 Å². The summed E-state index contributed by atoms with van der Waals surface area (Å²) >= 11 is 0. The zero-order chi connectivity index (χ0) is 13.2. The van der Waals surface area contributed by atoms with Gasteiger partial charge in [0.05, 0.1) is 11.3 Å². The molecule has 0 saturated carbocycles. The lowest BCUT2D eigenvalue weighted by Gasteiger charge is -2.05. The van der Waals surface area contributed by atoms with Crippen LogP contribution < -0.4 is 5.32 Å². The number of benzene rings is 2. The van der Waals surface area contributed by atoms with E-state index in [1.54, 1.807) is 24.3 Å². The average molecular weight is 253 g/mol. The van der Waals surface area contributed by atoms with E-state index in [0.29, 0.717) is 11.6 Å². The SMILES string of the molecule is O=C(O)c1ccccc1Nc1cc2ccccc2o1. The summed E-state index contributed by atoms with van der Waals surface area (Å²) in [6, 6.07) is 16.2. The summed E-state index contributed by atoms with van der Waals surface area (Å²) in [7, 11) is 0. The van der Waals surface area contributed by atoms with Gasteiger partial charge in [-0.2, -0.15) is 0 Å². The zero-order valence-electron chi connectivity index (χ0n) is 9.96. The van der Waals surface area contributed by atoms with Gasteiger partial charge in [0.2, 0.25) is 0 Å². The van der Waals surface area contributed by atoms with Crippen molar-refractivity contribution >= 4 is 28.5 Å². The van der Waals surface area contributed by atoms with Crippen molar-refractivity contribution < 1.29 is 14.3 Å². The van der Waals surface area contributed by atoms with Crippen molar-refractivity contribution in [2.75, 3.05) is 5.32 Å². The molecule has 0 amide bonds. The van der Waals surface area contributed by atoms with E-state index in [1.807, 2.05) is 30.3 Å². The Balaban J connectivity index is 1.99. The number of fused-ring (bicyclic) bond motifs is 1. The van der Waals surface area contributed by atoms with Gasteiger partial charge < -0.3 is 14.8 Å². The lowest BCUT2D eigenvalue weighted by atomic mass is 10.2. The van der Waals surface area contributed by atoms with Gasteiger partial charge in [-0.1, -0.05) is 30.3 Å². The Morgan fingerprint density at radius 1 is 1.05 bits per heavy atom. The second-order valence-corrected chi connectivity index (χ2v) is 4.12. The van der Waals surface area contributed by atoms with Crippen molar-refractivity contribution in [1.29, 1.82) is 0 Å². The molecule has 0 aliphatic rings. The molecular weight excluding hydrogens is 242 g/mol. The summed E-state index contributed by atoms with van der Waals surface area (Å²) in [5.74, 6) is -0.450. The number of aromatic carboxylic acids is 1. The van der Waals surface area contributed by atoms with Crippen LogP contribution in [-0.4, -0.2) is 11.1 Å². The van der Waals surface area contributed by atoms with Crippen LogP contribution in [0.5, 0.6) is 0 Å². The third-order valence-corrected chi connectivity index (χ3v) is 2.84. The molecular formula is C15H11NO3. The van der Waals surface area contributed by atoms with Gasteiger partial charge in [0.1, 0.15) is 5.58 Å². The molecule has 1 aromatic heterocycles. The van der Waals surface area contributed by atoms with Crippen LogP contribution in [-0.2, 0) is 0 Å². The number of hydrogen-bond acceptors (Lipinski definition) is 3. The van der Waals surface area contributed by atoms with Gasteiger partial charge in [0.25, 0.3) is 0 Å². The lowest BCUT2D eigenvalue weighted by Crippen LogP contribution is -2.01. The van der Waals surface area contributed by atoms with Crippen LogP contribution in [0.3, 0.4) is 0 Å². The third kappa shape index (κ3) is 2.15. The van der Waals surface area contributed by atoms with Crippen molar-refractivity contribution in [3.63, 3.8) is 0 Å². The Kier molecular flexibility index (Phi) is 2.68. The first-order chi connectivity index (χ1) is 9.24. The smallest absolute Gasteiger partial charge is 0.337 e. The number of anilines is 2. The molecule has 2 N–H and O–H groups in total. The van der Waals surface area contributed by atoms with Gasteiger partial charge >= 0.3 is 5.97 Å². The minimum Gasteiger partial charge on any atom is -0.478 e. The normalized spacial score (nSPS) is 10.5. The Morgan fingerprint density at radius 3 is 2.58 bits per heavy atom. The van der Waals surface area contributed by atoms with Gasteiger partial charge in [0.15, 0.2) is 5.88 Å². The summed E-state index contributed by atoms with van der Waals surface area (Å²) in [6.07, 6.45) is 0. The fourth-order valence-corrected chi connectivity index (χ4v) is 1.95. The largest absolute Gasteiger partial charge is 0.478 e. The maximum atomic E-state index is 11.1. The third-order valence-electron chi connectivity index (χ3n) is 2.84. The molecule has 94 valence electrons. The predicted molar refractivity (Wildman–Crippen MR) is 72.9 cm³/mol. The molecule has 4 heteroatoms. The average Bonchev–Trinajstić information content (AvgIpc) is 2.81. The van der Waals surface area contributed by atoms with Gasteiger partial charge in [0, 0.05) is 11.5 Å². The Bertz CT molecular complexity index is 713. The summed E-state index contributed by atoms with van der Waals surface area (Å²) < 4.78 is 5.60. The molecule has 0 atom stereocenters. The molecule has 4 nitrogen and oxygen atoms in total. The summed E-state index contributed by atoms with van der Waals surface area (Å²) in [5, 5.41) is 13.1. The maximum absolute atomic E-state index is 11.1. The zero-order valence-corrected chi connectivity index (χ0v) is 9.96. The topological polar surface area (TPSA) is 62.5 Å². The highest BCUT2D eigenvalue weighted by molar-refractivity contribution is 5.95. The van der Waals surface area contributed by atoms with Crippen molar-refractivity contribution in [1.82, 2.24) is 0 Å². The van der Waals surface area contributed by atoms with Crippen LogP contribution in [0, 0.1) is 0 Å². The first-order valence-electron chi connectivity index (χ1n) is 5.82. The van der Waals surface area contributed by atoms with Gasteiger partial charge in [-0.3, -0.25) is 0 Å². The Labute approximate surface area is 109 Å². The van der Waals surface area contributed by atoms with E-state index in [-0.39, 0.29) is 5.56 Å². The molecule has 1 heterocycles. The number of nitrogens with one attached hydrogen (secondary N) is 1. The number of rotatable bonds is 3. The lowest BCUT2D eigenvalue weighted by molar-refractivity contribution is 0.0698. The van der Waals surface area contributed by atoms with E-state index in [2.05, 4.69) is 5.32 Å². The number of hydrogen-bond donors (Lipinski definition) is 2. The number of carboxylic acids is 1. The highest BCUT2D eigenvalue weighted by Gasteiger charge is 2.10. The first-order valence-corrected chi connectivity index (χ1v) is 5.82. The van der Waals surface area contributed by atoms with E-state index in [4.69, 9.17) is 9.52 Å². The molecule has 0 bridgehead atoms. The van der Waals surface area contributed by atoms with E-state index >= 15 is 0 Å². The van der Waals surface area contributed by atoms with Crippen LogP contribution in [0.2, 0.25) is 0 Å². The van der Waals surface area contributed by atoms with Gasteiger partial charge in [-0.25, -0.2) is 4.79 Å². The molecule has 0 fully saturated rings. The molecule has 0 unspecified atom stereocenters. The fraction of sp³-hybridized carbons (Fsp3) is 0. The molecule has 3 rings (SSSR count). The van der Waals surface area contributed by atoms with Gasteiger partial charge in [-0.05, 0) is 18.2 Å². The Morgan fingerprint density at radius 2 is 1.79 bits per heavy atom. The summed E-state index contributed by atoms with van der Waals surface area (Å²) in [6.45, 7) is 0. The molecule has 0 radical (unpaired) electrons. The second kappa shape index (κ2) is 4.49. The van der Waals surface area contributed by atoms with E-state index in [0.717, 1.165) is 11.0 Å². The number of carbonyl (C=O) groups is 1. The van der Waals surface area contributed by atoms with Crippen molar-refractivity contribution in [2.45, 2.75) is 0 Å². The van der Waals surface area contributed by atoms with E-state index in [9.17, 15) is 4.79 Å². The van der Waals surface area contributed by atoms with Crippen LogP contribution in [0.15, 0.2) is 59.0 Å². The fourth-order valence-electron chi connectivity index (χ4n) is 1.95. The summed E-state index contributed by atoms with van der Waals surface area (Å²) in [5.41, 5.74) is 1.48. The van der Waals surface area contributed by atoms with E-state index in [1.165, 1.54) is 0 Å². The standard InChI is InChI=1S/C15H11NO3/c17-15(18)11-6-2-3-7-12(11)16-14-9-10-5-1-4-8-13(10)19-14/h1-9,16H,(H,17,18). The molecule has 19 heavy (non-hydrogen) atoms. The first kappa shape index (κ1) is 11.3. The van der Waals surface area contributed by atoms with Crippen LogP contribution in [0.25, 0.3) is 11.0 Å². The van der Waals surface area contributed by atoms with Crippen molar-refractivity contribution in [3.05, 3.63) is 60.2 Å². The monoisotopic (exact) mass is 253 g/mol. The number of furan rings is 1. The molecule has 3 aromatic rings.